The number of ether oxygens (including phenoxy) is 1. The van der Waals surface area contributed by atoms with Crippen LogP contribution in [-0.4, -0.2) is 5.11 Å². The van der Waals surface area contributed by atoms with Crippen LogP contribution in [0.5, 0.6) is 11.5 Å². The number of fused-ring (bicyclic) bond motifs is 1. The highest BCUT2D eigenvalue weighted by Crippen LogP contribution is 2.34. The Morgan fingerprint density at radius 1 is 1.14 bits per heavy atom. The number of benzene rings is 2. The van der Waals surface area contributed by atoms with Crippen LogP contribution in [0.4, 0.5) is 0 Å². The van der Waals surface area contributed by atoms with Crippen LogP contribution >= 0.6 is 0 Å². The van der Waals surface area contributed by atoms with Gasteiger partial charge in [-0.05, 0) is 11.5 Å². The molecule has 0 radical (unpaired) electrons. The summed E-state index contributed by atoms with van der Waals surface area (Å²) >= 11 is 0. The van der Waals surface area contributed by atoms with E-state index in [1.165, 1.54) is 6.26 Å². The molecule has 2 heteroatoms. The highest BCUT2D eigenvalue weighted by molar-refractivity contribution is 5.90. The van der Waals surface area contributed by atoms with Gasteiger partial charge in [-0.2, -0.15) is 0 Å². The number of phenols is 1. The van der Waals surface area contributed by atoms with E-state index in [-0.39, 0.29) is 5.75 Å². The lowest BCUT2D eigenvalue weighted by molar-refractivity contribution is 0.416. The summed E-state index contributed by atoms with van der Waals surface area (Å²) in [4.78, 5) is 0. The van der Waals surface area contributed by atoms with Gasteiger partial charge in [0.25, 0.3) is 0 Å². The first-order chi connectivity index (χ1) is 6.83. The van der Waals surface area contributed by atoms with Crippen LogP contribution in [0.15, 0.2) is 49.2 Å². The third kappa shape index (κ3) is 1.31. The van der Waals surface area contributed by atoms with Crippen molar-refractivity contribution in [2.75, 3.05) is 0 Å². The third-order valence-corrected chi connectivity index (χ3v) is 2.07. The van der Waals surface area contributed by atoms with Crippen LogP contribution in [0.25, 0.3) is 10.8 Å². The van der Waals surface area contributed by atoms with Crippen molar-refractivity contribution in [1.82, 2.24) is 0 Å². The van der Waals surface area contributed by atoms with E-state index >= 15 is 0 Å². The van der Waals surface area contributed by atoms with Crippen LogP contribution in [0.1, 0.15) is 0 Å². The number of rotatable bonds is 2. The fraction of sp³-hybridized carbons (Fsp3) is 0. The molecule has 2 aromatic rings. The van der Waals surface area contributed by atoms with Crippen molar-refractivity contribution < 1.29 is 9.84 Å². The topological polar surface area (TPSA) is 29.5 Å². The Bertz CT molecular complexity index is 475. The zero-order chi connectivity index (χ0) is 9.97. The molecule has 0 aliphatic rings. The van der Waals surface area contributed by atoms with E-state index < -0.39 is 0 Å². The Balaban J connectivity index is 2.68. The molecule has 2 aromatic carbocycles. The number of hydrogen-bond donors (Lipinski definition) is 1. The molecule has 0 heterocycles. The van der Waals surface area contributed by atoms with Gasteiger partial charge in [-0.1, -0.05) is 36.9 Å². The minimum atomic E-state index is 0.156. The Hall–Kier alpha value is -1.96. The first-order valence-corrected chi connectivity index (χ1v) is 4.31. The summed E-state index contributed by atoms with van der Waals surface area (Å²) in [5.74, 6) is 0.585. The maximum atomic E-state index is 9.81. The molecule has 0 unspecified atom stereocenters. The van der Waals surface area contributed by atoms with Gasteiger partial charge in [0.2, 0.25) is 0 Å². The maximum absolute atomic E-state index is 9.81. The van der Waals surface area contributed by atoms with Crippen molar-refractivity contribution in [1.29, 1.82) is 0 Å². The van der Waals surface area contributed by atoms with Crippen molar-refractivity contribution in [3.8, 4) is 11.5 Å². The first-order valence-electron chi connectivity index (χ1n) is 4.31. The lowest BCUT2D eigenvalue weighted by Crippen LogP contribution is -1.82. The van der Waals surface area contributed by atoms with Gasteiger partial charge in [-0.3, -0.25) is 0 Å². The van der Waals surface area contributed by atoms with Gasteiger partial charge in [0.15, 0.2) is 11.5 Å². The molecule has 70 valence electrons. The zero-order valence-electron chi connectivity index (χ0n) is 7.60. The van der Waals surface area contributed by atoms with Gasteiger partial charge in [0.05, 0.1) is 6.26 Å². The average Bonchev–Trinajstić information content (AvgIpc) is 2.23. The molecule has 0 spiro atoms. The monoisotopic (exact) mass is 186 g/mol. The first kappa shape index (κ1) is 8.63. The molecule has 1 N–H and O–H groups in total. The molecule has 0 saturated carbocycles. The standard InChI is InChI=1S/C12H10O2/c1-2-14-11-8-7-9-5-3-4-6-10(9)12(11)13/h2-8,13H,1H2. The van der Waals surface area contributed by atoms with Crippen LogP contribution < -0.4 is 4.74 Å². The molecule has 0 aromatic heterocycles. The van der Waals surface area contributed by atoms with Gasteiger partial charge >= 0.3 is 0 Å². The Labute approximate surface area is 82.1 Å². The SMILES string of the molecule is C=COc1ccc2ccccc2c1O. The molecule has 0 amide bonds. The largest absolute Gasteiger partial charge is 0.504 e. The van der Waals surface area contributed by atoms with E-state index in [1.807, 2.05) is 30.3 Å². The molecule has 0 bridgehead atoms. The van der Waals surface area contributed by atoms with E-state index in [1.54, 1.807) is 6.07 Å². The summed E-state index contributed by atoms with van der Waals surface area (Å²) in [5.41, 5.74) is 0. The maximum Gasteiger partial charge on any atom is 0.168 e. The second-order valence-electron chi connectivity index (χ2n) is 2.92. The molecule has 0 aliphatic heterocycles. The fourth-order valence-electron chi connectivity index (χ4n) is 1.42. The predicted octanol–water partition coefficient (Wildman–Crippen LogP) is 3.07. The van der Waals surface area contributed by atoms with Gasteiger partial charge in [-0.15, -0.1) is 0 Å². The van der Waals surface area contributed by atoms with Crippen LogP contribution in [0.3, 0.4) is 0 Å². The van der Waals surface area contributed by atoms with Crippen molar-refractivity contribution in [2.24, 2.45) is 0 Å². The van der Waals surface area contributed by atoms with E-state index in [0.29, 0.717) is 5.75 Å². The summed E-state index contributed by atoms with van der Waals surface area (Å²) in [5, 5.41) is 11.6. The van der Waals surface area contributed by atoms with Crippen molar-refractivity contribution in [3.63, 3.8) is 0 Å². The van der Waals surface area contributed by atoms with E-state index in [4.69, 9.17) is 4.74 Å². The van der Waals surface area contributed by atoms with Crippen LogP contribution in [-0.2, 0) is 0 Å². The summed E-state index contributed by atoms with van der Waals surface area (Å²) in [6.45, 7) is 3.44. The second-order valence-corrected chi connectivity index (χ2v) is 2.92. The number of aromatic hydroxyl groups is 1. The van der Waals surface area contributed by atoms with Crippen LogP contribution in [0.2, 0.25) is 0 Å². The van der Waals surface area contributed by atoms with Crippen LogP contribution in [0, 0.1) is 0 Å². The molecular formula is C12H10O2. The smallest absolute Gasteiger partial charge is 0.168 e. The third-order valence-electron chi connectivity index (χ3n) is 2.07. The molecule has 0 fully saturated rings. The zero-order valence-corrected chi connectivity index (χ0v) is 7.60. The molecule has 2 rings (SSSR count). The van der Waals surface area contributed by atoms with Crippen molar-refractivity contribution >= 4 is 10.8 Å². The lowest BCUT2D eigenvalue weighted by Gasteiger charge is -2.05. The van der Waals surface area contributed by atoms with Gasteiger partial charge < -0.3 is 9.84 Å². The minimum absolute atomic E-state index is 0.156. The number of hydrogen-bond acceptors (Lipinski definition) is 2. The minimum Gasteiger partial charge on any atom is -0.504 e. The van der Waals surface area contributed by atoms with Crippen molar-refractivity contribution in [3.05, 3.63) is 49.2 Å². The van der Waals surface area contributed by atoms with Gasteiger partial charge in [0.1, 0.15) is 0 Å². The fourth-order valence-corrected chi connectivity index (χ4v) is 1.42. The Morgan fingerprint density at radius 2 is 1.93 bits per heavy atom. The summed E-state index contributed by atoms with van der Waals surface area (Å²) < 4.78 is 5.06. The number of phenolic OH excluding ortho intramolecular Hbond substituents is 1. The van der Waals surface area contributed by atoms with E-state index in [0.717, 1.165) is 10.8 Å². The Morgan fingerprint density at radius 3 is 2.71 bits per heavy atom. The van der Waals surface area contributed by atoms with Gasteiger partial charge in [0, 0.05) is 5.39 Å². The molecule has 2 nitrogen and oxygen atoms in total. The molecule has 14 heavy (non-hydrogen) atoms. The second kappa shape index (κ2) is 3.42. The average molecular weight is 186 g/mol. The predicted molar refractivity (Wildman–Crippen MR) is 56.4 cm³/mol. The lowest BCUT2D eigenvalue weighted by atomic mass is 10.1. The molecular weight excluding hydrogens is 176 g/mol. The normalized spacial score (nSPS) is 10.0. The molecule has 0 aliphatic carbocycles. The highest BCUT2D eigenvalue weighted by Gasteiger charge is 2.05. The summed E-state index contributed by atoms with van der Waals surface area (Å²) in [6.07, 6.45) is 1.30. The quantitative estimate of drug-likeness (QED) is 0.730. The van der Waals surface area contributed by atoms with Crippen molar-refractivity contribution in [2.45, 2.75) is 0 Å². The van der Waals surface area contributed by atoms with E-state index in [9.17, 15) is 5.11 Å². The van der Waals surface area contributed by atoms with E-state index in [2.05, 4.69) is 6.58 Å². The Kier molecular flexibility index (Phi) is 2.11. The molecule has 0 atom stereocenters. The molecule has 0 saturated heterocycles. The summed E-state index contributed by atoms with van der Waals surface area (Å²) in [6, 6.07) is 11.2. The summed E-state index contributed by atoms with van der Waals surface area (Å²) in [7, 11) is 0. The van der Waals surface area contributed by atoms with Gasteiger partial charge in [-0.25, -0.2) is 0 Å². The highest BCUT2D eigenvalue weighted by atomic mass is 16.5.